The Bertz CT molecular complexity index is 211. The molecule has 0 aromatic carbocycles. The number of aldehydes is 1. The Morgan fingerprint density at radius 1 is 1.70 bits per heavy atom. The van der Waals surface area contributed by atoms with E-state index >= 15 is 0 Å². The highest BCUT2D eigenvalue weighted by Crippen LogP contribution is 2.85. The smallest absolute Gasteiger partial charge is 0.120 e. The van der Waals surface area contributed by atoms with Gasteiger partial charge < -0.3 is 10.5 Å². The van der Waals surface area contributed by atoms with Gasteiger partial charge in [-0.3, -0.25) is 0 Å². The number of nitrogens with two attached hydrogens (primary N) is 1. The molecule has 3 rings (SSSR count). The quantitative estimate of drug-likeness (QED) is 0.551. The van der Waals surface area contributed by atoms with Gasteiger partial charge in [0.15, 0.2) is 0 Å². The lowest BCUT2D eigenvalue weighted by Gasteiger charge is -2.21. The van der Waals surface area contributed by atoms with Gasteiger partial charge in [-0.15, -0.1) is 0 Å². The molecule has 0 aromatic rings. The molecule has 2 N–H and O–H groups in total. The van der Waals surface area contributed by atoms with Crippen LogP contribution in [-0.4, -0.2) is 12.3 Å². The third-order valence-electron chi connectivity index (χ3n) is 3.95. The number of hydrogen-bond donors (Lipinski definition) is 1. The van der Waals surface area contributed by atoms with E-state index in [1.54, 1.807) is 0 Å². The number of hydrogen-bond acceptors (Lipinski definition) is 2. The largest absolute Gasteiger partial charge is 0.327 e. The second-order valence-electron chi connectivity index (χ2n) is 4.04. The highest BCUT2D eigenvalue weighted by atomic mass is 16.1. The van der Waals surface area contributed by atoms with Crippen molar-refractivity contribution in [2.24, 2.45) is 28.9 Å². The Labute approximate surface area is 59.8 Å². The van der Waals surface area contributed by atoms with E-state index in [1.807, 2.05) is 0 Å². The molecular weight excluding hydrogens is 126 g/mol. The van der Waals surface area contributed by atoms with Crippen molar-refractivity contribution in [3.8, 4) is 0 Å². The molecule has 3 fully saturated rings. The van der Waals surface area contributed by atoms with Gasteiger partial charge in [-0.1, -0.05) is 0 Å². The van der Waals surface area contributed by atoms with Crippen molar-refractivity contribution < 1.29 is 4.79 Å². The molecule has 3 saturated carbocycles. The van der Waals surface area contributed by atoms with Crippen LogP contribution in [0.3, 0.4) is 0 Å². The Hall–Kier alpha value is -0.370. The summed E-state index contributed by atoms with van der Waals surface area (Å²) in [6, 6.07) is 0.390. The summed E-state index contributed by atoms with van der Waals surface area (Å²) in [5.74, 6) is 2.55. The lowest BCUT2D eigenvalue weighted by molar-refractivity contribution is -0.109. The van der Waals surface area contributed by atoms with Gasteiger partial charge in [-0.2, -0.15) is 0 Å². The van der Waals surface area contributed by atoms with Crippen molar-refractivity contribution >= 4 is 6.29 Å². The van der Waals surface area contributed by atoms with Crippen molar-refractivity contribution in [1.29, 1.82) is 0 Å². The van der Waals surface area contributed by atoms with Crippen LogP contribution in [-0.2, 0) is 4.79 Å². The normalized spacial score (nSPS) is 67.3. The van der Waals surface area contributed by atoms with E-state index in [-0.39, 0.29) is 0 Å². The Morgan fingerprint density at radius 3 is 3.00 bits per heavy atom. The summed E-state index contributed by atoms with van der Waals surface area (Å²) in [5, 5.41) is 0. The first-order valence-corrected chi connectivity index (χ1v) is 4.01. The first kappa shape index (κ1) is 5.30. The zero-order valence-corrected chi connectivity index (χ0v) is 5.79. The summed E-state index contributed by atoms with van der Waals surface area (Å²) in [6.07, 6.45) is 3.15. The third-order valence-corrected chi connectivity index (χ3v) is 3.95. The minimum Gasteiger partial charge on any atom is -0.327 e. The van der Waals surface area contributed by atoms with Crippen molar-refractivity contribution in [1.82, 2.24) is 0 Å². The van der Waals surface area contributed by atoms with Crippen LogP contribution in [0, 0.1) is 23.2 Å². The van der Waals surface area contributed by atoms with Gasteiger partial charge in [0.2, 0.25) is 0 Å². The van der Waals surface area contributed by atoms with Crippen molar-refractivity contribution in [2.75, 3.05) is 0 Å². The highest BCUT2D eigenvalue weighted by Gasteiger charge is 2.85. The summed E-state index contributed by atoms with van der Waals surface area (Å²) < 4.78 is 0. The first-order valence-electron chi connectivity index (χ1n) is 4.01. The molecule has 0 saturated heterocycles. The molecule has 3 aliphatic rings. The zero-order chi connectivity index (χ0) is 6.93. The summed E-state index contributed by atoms with van der Waals surface area (Å²) in [4.78, 5) is 10.3. The predicted octanol–water partition coefficient (Wildman–Crippen LogP) is 0.169. The molecule has 0 aliphatic heterocycles. The van der Waals surface area contributed by atoms with Gasteiger partial charge in [0.1, 0.15) is 6.29 Å². The molecule has 0 amide bonds. The zero-order valence-electron chi connectivity index (χ0n) is 5.79. The second kappa shape index (κ2) is 1.18. The van der Waals surface area contributed by atoms with Gasteiger partial charge >= 0.3 is 0 Å². The summed E-state index contributed by atoms with van der Waals surface area (Å²) in [7, 11) is 0. The highest BCUT2D eigenvalue weighted by molar-refractivity contribution is 5.56. The lowest BCUT2D eigenvalue weighted by Crippen LogP contribution is -2.21. The molecule has 5 unspecified atom stereocenters. The van der Waals surface area contributed by atoms with Crippen LogP contribution in [0.5, 0.6) is 0 Å². The van der Waals surface area contributed by atoms with E-state index in [2.05, 4.69) is 0 Å². The van der Waals surface area contributed by atoms with Crippen LogP contribution >= 0.6 is 0 Å². The van der Waals surface area contributed by atoms with Gasteiger partial charge in [0.05, 0.1) is 0 Å². The third kappa shape index (κ3) is 0.297. The van der Waals surface area contributed by atoms with E-state index in [0.29, 0.717) is 11.5 Å². The number of carbonyl (C=O) groups is 1. The van der Waals surface area contributed by atoms with Crippen LogP contribution in [0.4, 0.5) is 0 Å². The molecule has 3 aliphatic carbocycles. The molecule has 0 spiro atoms. The maximum absolute atomic E-state index is 10.3. The molecule has 2 nitrogen and oxygen atoms in total. The molecule has 0 bridgehead atoms. The predicted molar refractivity (Wildman–Crippen MR) is 36.2 cm³/mol. The van der Waals surface area contributed by atoms with E-state index in [1.165, 1.54) is 6.42 Å². The minimum absolute atomic E-state index is 0.340. The maximum atomic E-state index is 10.3. The van der Waals surface area contributed by atoms with Crippen LogP contribution in [0.2, 0.25) is 0 Å². The van der Waals surface area contributed by atoms with E-state index in [0.717, 1.165) is 30.5 Å². The SMILES string of the molecule is NC1C2C3CC3C12CC=O. The van der Waals surface area contributed by atoms with Gasteiger partial charge in [-0.25, -0.2) is 0 Å². The topological polar surface area (TPSA) is 43.1 Å². The fourth-order valence-corrected chi connectivity index (χ4v) is 3.36. The Balaban J connectivity index is 1.87. The molecule has 0 heterocycles. The van der Waals surface area contributed by atoms with Crippen LogP contribution in [0.25, 0.3) is 0 Å². The molecule has 54 valence electrons. The summed E-state index contributed by atoms with van der Waals surface area (Å²) in [5.41, 5.74) is 6.19. The number of fused-ring (bicyclic) bond motifs is 4. The summed E-state index contributed by atoms with van der Waals surface area (Å²) in [6.45, 7) is 0. The Morgan fingerprint density at radius 2 is 2.50 bits per heavy atom. The lowest BCUT2D eigenvalue weighted by atomic mass is 9.82. The maximum Gasteiger partial charge on any atom is 0.120 e. The van der Waals surface area contributed by atoms with Crippen molar-refractivity contribution in [2.45, 2.75) is 18.9 Å². The van der Waals surface area contributed by atoms with Gasteiger partial charge in [0, 0.05) is 17.9 Å². The van der Waals surface area contributed by atoms with E-state index < -0.39 is 0 Å². The van der Waals surface area contributed by atoms with E-state index in [4.69, 9.17) is 5.73 Å². The Kier molecular flexibility index (Phi) is 0.626. The molecular formula is C8H11NO. The average Bonchev–Trinajstić information content (AvgIpc) is 2.67. The summed E-state index contributed by atoms with van der Waals surface area (Å²) >= 11 is 0. The molecule has 10 heavy (non-hydrogen) atoms. The van der Waals surface area contributed by atoms with E-state index in [9.17, 15) is 4.79 Å². The minimum atomic E-state index is 0.340. The number of rotatable bonds is 2. The van der Waals surface area contributed by atoms with Crippen LogP contribution < -0.4 is 5.73 Å². The van der Waals surface area contributed by atoms with Crippen LogP contribution in [0.15, 0.2) is 0 Å². The van der Waals surface area contributed by atoms with Gasteiger partial charge in [0.25, 0.3) is 0 Å². The fraction of sp³-hybridized carbons (Fsp3) is 0.875. The van der Waals surface area contributed by atoms with Crippen molar-refractivity contribution in [3.63, 3.8) is 0 Å². The fourth-order valence-electron chi connectivity index (χ4n) is 3.36. The molecule has 5 atom stereocenters. The van der Waals surface area contributed by atoms with Crippen LogP contribution in [0.1, 0.15) is 12.8 Å². The number of carbonyl (C=O) groups excluding carboxylic acids is 1. The molecule has 0 aromatic heterocycles. The average molecular weight is 137 g/mol. The monoisotopic (exact) mass is 137 g/mol. The molecule has 2 heteroatoms. The first-order chi connectivity index (χ1) is 4.82. The standard InChI is InChI=1S/C8H11NO/c9-7-6-4-3-5(4)8(6,7)1-2-10/h2,4-7H,1,3,9H2. The van der Waals surface area contributed by atoms with Gasteiger partial charge in [-0.05, 0) is 24.2 Å². The molecule has 0 radical (unpaired) electrons. The second-order valence-corrected chi connectivity index (χ2v) is 4.04. The van der Waals surface area contributed by atoms with Crippen molar-refractivity contribution in [3.05, 3.63) is 0 Å².